The van der Waals surface area contributed by atoms with Gasteiger partial charge in [-0.25, -0.2) is 0 Å². The molecule has 1 aromatic carbocycles. The average molecular weight is 192 g/mol. The summed E-state index contributed by atoms with van der Waals surface area (Å²) in [5.74, 6) is 0.434. The zero-order valence-corrected chi connectivity index (χ0v) is 7.57. The Bertz CT molecular complexity index is 409. The topological polar surface area (TPSA) is 52.6 Å². The Kier molecular flexibility index (Phi) is 1.96. The van der Waals surface area contributed by atoms with Crippen LogP contribution in [0, 0.1) is 0 Å². The van der Waals surface area contributed by atoms with Crippen LogP contribution in [0.1, 0.15) is 17.3 Å². The van der Waals surface area contributed by atoms with E-state index in [1.54, 1.807) is 18.2 Å². The molecule has 0 bridgehead atoms. The van der Waals surface area contributed by atoms with E-state index in [-0.39, 0.29) is 12.4 Å². The largest absolute Gasteiger partial charge is 0.485 e. The van der Waals surface area contributed by atoms with E-state index in [2.05, 4.69) is 0 Å². The van der Waals surface area contributed by atoms with E-state index < -0.39 is 5.97 Å². The van der Waals surface area contributed by atoms with Crippen molar-refractivity contribution >= 4 is 11.8 Å². The highest BCUT2D eigenvalue weighted by Crippen LogP contribution is 2.29. The minimum Gasteiger partial charge on any atom is -0.485 e. The van der Waals surface area contributed by atoms with E-state index in [1.807, 2.05) is 0 Å². The quantitative estimate of drug-likeness (QED) is 0.495. The van der Waals surface area contributed by atoms with Crippen molar-refractivity contribution < 1.29 is 19.1 Å². The van der Waals surface area contributed by atoms with Gasteiger partial charge < -0.3 is 9.47 Å². The molecular formula is C10H8O4. The summed E-state index contributed by atoms with van der Waals surface area (Å²) in [6, 6.07) is 4.72. The van der Waals surface area contributed by atoms with Gasteiger partial charge in [0.05, 0.1) is 5.56 Å². The molecule has 2 rings (SSSR count). The second kappa shape index (κ2) is 3.14. The summed E-state index contributed by atoms with van der Waals surface area (Å²) < 4.78 is 9.94. The molecule has 4 nitrogen and oxygen atoms in total. The Morgan fingerprint density at radius 3 is 3.00 bits per heavy atom. The summed E-state index contributed by atoms with van der Waals surface area (Å²) in [7, 11) is 0. The van der Waals surface area contributed by atoms with Gasteiger partial charge in [0.15, 0.2) is 6.61 Å². The van der Waals surface area contributed by atoms with Crippen molar-refractivity contribution in [3.05, 3.63) is 23.8 Å². The molecule has 0 saturated carbocycles. The second-order valence-electron chi connectivity index (χ2n) is 2.96. The minimum absolute atomic E-state index is 0.0469. The first kappa shape index (κ1) is 8.74. The van der Waals surface area contributed by atoms with Crippen molar-refractivity contribution in [3.8, 4) is 11.5 Å². The molecule has 4 heteroatoms. The molecule has 0 unspecified atom stereocenters. The van der Waals surface area contributed by atoms with E-state index >= 15 is 0 Å². The summed E-state index contributed by atoms with van der Waals surface area (Å²) in [6.45, 7) is 1.39. The van der Waals surface area contributed by atoms with Gasteiger partial charge in [0.2, 0.25) is 5.78 Å². The van der Waals surface area contributed by atoms with Gasteiger partial charge in [-0.05, 0) is 12.1 Å². The van der Waals surface area contributed by atoms with E-state index in [9.17, 15) is 9.59 Å². The van der Waals surface area contributed by atoms with Gasteiger partial charge in [-0.2, -0.15) is 0 Å². The predicted molar refractivity (Wildman–Crippen MR) is 47.6 cm³/mol. The molecule has 0 amide bonds. The zero-order valence-electron chi connectivity index (χ0n) is 7.57. The lowest BCUT2D eigenvalue weighted by Crippen LogP contribution is -2.01. The number of benzene rings is 1. The smallest absolute Gasteiger partial charge is 0.308 e. The maximum atomic E-state index is 11.2. The SMILES string of the molecule is CC(=O)Oc1ccc2c(c1)OCC2=O. The number of ketones is 1. The summed E-state index contributed by atoms with van der Waals surface area (Å²) >= 11 is 0. The molecular weight excluding hydrogens is 184 g/mol. The van der Waals surface area contributed by atoms with Crippen LogP contribution in [0.15, 0.2) is 18.2 Å². The van der Waals surface area contributed by atoms with Gasteiger partial charge in [-0.15, -0.1) is 0 Å². The normalized spacial score (nSPS) is 13.4. The van der Waals surface area contributed by atoms with Crippen LogP contribution < -0.4 is 9.47 Å². The number of Topliss-reactive ketones (excluding diaryl/α,β-unsaturated/α-hetero) is 1. The molecule has 1 aromatic rings. The summed E-state index contributed by atoms with van der Waals surface area (Å²) in [5, 5.41) is 0. The molecule has 1 aliphatic rings. The lowest BCUT2D eigenvalue weighted by molar-refractivity contribution is -0.131. The number of rotatable bonds is 1. The molecule has 1 aliphatic heterocycles. The molecule has 0 saturated heterocycles. The molecule has 0 atom stereocenters. The first-order valence-corrected chi connectivity index (χ1v) is 4.15. The van der Waals surface area contributed by atoms with Gasteiger partial charge in [0, 0.05) is 13.0 Å². The summed E-state index contributed by atoms with van der Waals surface area (Å²) in [5.41, 5.74) is 0.543. The Balaban J connectivity index is 2.32. The van der Waals surface area contributed by atoms with Crippen molar-refractivity contribution in [2.24, 2.45) is 0 Å². The molecule has 0 radical (unpaired) electrons. The highest BCUT2D eigenvalue weighted by atomic mass is 16.5. The first-order valence-electron chi connectivity index (χ1n) is 4.15. The van der Waals surface area contributed by atoms with Gasteiger partial charge in [-0.1, -0.05) is 0 Å². The molecule has 0 N–H and O–H groups in total. The van der Waals surface area contributed by atoms with Crippen LogP contribution in [0.4, 0.5) is 0 Å². The Hall–Kier alpha value is -1.84. The van der Waals surface area contributed by atoms with Crippen LogP contribution in [0.5, 0.6) is 11.5 Å². The Morgan fingerprint density at radius 2 is 2.29 bits per heavy atom. The molecule has 72 valence electrons. The number of ether oxygens (including phenoxy) is 2. The Labute approximate surface area is 80.4 Å². The number of fused-ring (bicyclic) bond motifs is 1. The van der Waals surface area contributed by atoms with E-state index in [0.29, 0.717) is 17.1 Å². The van der Waals surface area contributed by atoms with E-state index in [1.165, 1.54) is 6.92 Å². The van der Waals surface area contributed by atoms with Crippen molar-refractivity contribution in [3.63, 3.8) is 0 Å². The molecule has 0 fully saturated rings. The summed E-state index contributed by atoms with van der Waals surface area (Å²) in [6.07, 6.45) is 0. The second-order valence-corrected chi connectivity index (χ2v) is 2.96. The highest BCUT2D eigenvalue weighted by Gasteiger charge is 2.21. The third-order valence-corrected chi connectivity index (χ3v) is 1.87. The van der Waals surface area contributed by atoms with Crippen molar-refractivity contribution in [2.75, 3.05) is 6.61 Å². The zero-order chi connectivity index (χ0) is 10.1. The number of carbonyl (C=O) groups excluding carboxylic acids is 2. The standard InChI is InChI=1S/C10H8O4/c1-6(11)14-7-2-3-8-9(12)5-13-10(8)4-7/h2-4H,5H2,1H3. The van der Waals surface area contributed by atoms with E-state index in [0.717, 1.165) is 0 Å². The molecule has 14 heavy (non-hydrogen) atoms. The third kappa shape index (κ3) is 1.46. The fourth-order valence-electron chi connectivity index (χ4n) is 1.30. The van der Waals surface area contributed by atoms with Crippen LogP contribution in [0.2, 0.25) is 0 Å². The third-order valence-electron chi connectivity index (χ3n) is 1.87. The van der Waals surface area contributed by atoms with Crippen LogP contribution in [0.3, 0.4) is 0 Å². The number of carbonyl (C=O) groups is 2. The van der Waals surface area contributed by atoms with Crippen LogP contribution in [0.25, 0.3) is 0 Å². The van der Waals surface area contributed by atoms with Crippen molar-refractivity contribution in [1.82, 2.24) is 0 Å². The maximum absolute atomic E-state index is 11.2. The minimum atomic E-state index is -0.394. The van der Waals surface area contributed by atoms with Gasteiger partial charge in [0.25, 0.3) is 0 Å². The monoisotopic (exact) mass is 192 g/mol. The average Bonchev–Trinajstić information content (AvgIpc) is 2.46. The maximum Gasteiger partial charge on any atom is 0.308 e. The molecule has 0 spiro atoms. The number of hydrogen-bond acceptors (Lipinski definition) is 4. The lowest BCUT2D eigenvalue weighted by Gasteiger charge is -2.02. The van der Waals surface area contributed by atoms with Gasteiger partial charge in [-0.3, -0.25) is 9.59 Å². The molecule has 0 aromatic heterocycles. The molecule has 1 heterocycles. The van der Waals surface area contributed by atoms with E-state index in [4.69, 9.17) is 9.47 Å². The highest BCUT2D eigenvalue weighted by molar-refractivity contribution is 6.02. The number of hydrogen-bond donors (Lipinski definition) is 0. The Morgan fingerprint density at radius 1 is 1.50 bits per heavy atom. The van der Waals surface area contributed by atoms with Crippen LogP contribution >= 0.6 is 0 Å². The fourth-order valence-corrected chi connectivity index (χ4v) is 1.30. The first-order chi connectivity index (χ1) is 6.66. The van der Waals surface area contributed by atoms with Crippen molar-refractivity contribution in [2.45, 2.75) is 6.92 Å². The van der Waals surface area contributed by atoms with Gasteiger partial charge >= 0.3 is 5.97 Å². The van der Waals surface area contributed by atoms with Gasteiger partial charge in [0.1, 0.15) is 11.5 Å². The van der Waals surface area contributed by atoms with Crippen molar-refractivity contribution in [1.29, 1.82) is 0 Å². The number of esters is 1. The van der Waals surface area contributed by atoms with Crippen LogP contribution in [-0.2, 0) is 4.79 Å². The fraction of sp³-hybridized carbons (Fsp3) is 0.200. The predicted octanol–water partition coefficient (Wildman–Crippen LogP) is 1.19. The van der Waals surface area contributed by atoms with Crippen LogP contribution in [-0.4, -0.2) is 18.4 Å². The summed E-state index contributed by atoms with van der Waals surface area (Å²) in [4.78, 5) is 21.8. The lowest BCUT2D eigenvalue weighted by atomic mass is 10.1. The molecule has 0 aliphatic carbocycles.